The average molecular weight is 468 g/mol. The number of amides is 3. The van der Waals surface area contributed by atoms with Crippen LogP contribution in [0.2, 0.25) is 5.02 Å². The summed E-state index contributed by atoms with van der Waals surface area (Å²) in [6, 6.07) is 3.06. The van der Waals surface area contributed by atoms with Crippen molar-refractivity contribution >= 4 is 29.2 Å². The van der Waals surface area contributed by atoms with Crippen LogP contribution in [0.15, 0.2) is 12.1 Å². The van der Waals surface area contributed by atoms with Crippen molar-refractivity contribution in [1.29, 1.82) is 0 Å². The molecule has 0 saturated carbocycles. The zero-order chi connectivity index (χ0) is 23.3. The van der Waals surface area contributed by atoms with Gasteiger partial charge in [0.1, 0.15) is 5.75 Å². The first-order valence-electron chi connectivity index (χ1n) is 11.6. The summed E-state index contributed by atoms with van der Waals surface area (Å²) in [5.41, 5.74) is 6.58. The number of anilines is 1. The fraction of sp³-hybridized carbons (Fsp3) is 0.652. The quantitative estimate of drug-likeness (QED) is 0.263. The highest BCUT2D eigenvalue weighted by molar-refractivity contribution is 6.33. The molecule has 1 aliphatic rings. The van der Waals surface area contributed by atoms with E-state index in [0.29, 0.717) is 34.5 Å². The van der Waals surface area contributed by atoms with Crippen LogP contribution in [-0.4, -0.2) is 63.2 Å². The van der Waals surface area contributed by atoms with Crippen molar-refractivity contribution < 1.29 is 14.3 Å². The first-order chi connectivity index (χ1) is 15.4. The highest BCUT2D eigenvalue weighted by Crippen LogP contribution is 2.29. The van der Waals surface area contributed by atoms with Crippen LogP contribution >= 0.6 is 11.6 Å². The predicted molar refractivity (Wildman–Crippen MR) is 129 cm³/mol. The Balaban J connectivity index is 1.58. The van der Waals surface area contributed by atoms with E-state index in [1.807, 2.05) is 6.92 Å². The van der Waals surface area contributed by atoms with Gasteiger partial charge >= 0.3 is 6.03 Å². The Kier molecular flexibility index (Phi) is 11.5. The van der Waals surface area contributed by atoms with E-state index in [-0.39, 0.29) is 11.9 Å². The normalized spacial score (nSPS) is 16.0. The summed E-state index contributed by atoms with van der Waals surface area (Å²) < 4.78 is 5.27. The van der Waals surface area contributed by atoms with Crippen LogP contribution in [0.4, 0.5) is 10.5 Å². The van der Waals surface area contributed by atoms with Gasteiger partial charge in [0.2, 0.25) is 0 Å². The molecule has 1 atom stereocenters. The monoisotopic (exact) mass is 467 g/mol. The first kappa shape index (κ1) is 26.1. The van der Waals surface area contributed by atoms with E-state index in [4.69, 9.17) is 22.1 Å². The summed E-state index contributed by atoms with van der Waals surface area (Å²) in [5, 5.41) is 9.06. The molecule has 1 aromatic rings. The van der Waals surface area contributed by atoms with Crippen LogP contribution in [0.1, 0.15) is 55.8 Å². The molecule has 3 amide bonds. The minimum atomic E-state index is -0.195. The second-order valence-electron chi connectivity index (χ2n) is 8.34. The molecule has 0 spiro atoms. The van der Waals surface area contributed by atoms with E-state index in [2.05, 4.69) is 20.9 Å². The number of carbonyl (C=O) groups excluding carboxylic acids is 2. The van der Waals surface area contributed by atoms with Gasteiger partial charge in [-0.05, 0) is 50.8 Å². The van der Waals surface area contributed by atoms with Gasteiger partial charge in [0.05, 0.1) is 23.4 Å². The number of rotatable bonds is 13. The van der Waals surface area contributed by atoms with E-state index in [1.54, 1.807) is 12.1 Å². The lowest BCUT2D eigenvalue weighted by Gasteiger charge is -2.17. The molecule has 180 valence electrons. The third kappa shape index (κ3) is 8.74. The van der Waals surface area contributed by atoms with Crippen LogP contribution in [-0.2, 0) is 0 Å². The third-order valence-corrected chi connectivity index (χ3v) is 6.03. The average Bonchev–Trinajstić information content (AvgIpc) is 3.24. The maximum Gasteiger partial charge on any atom is 0.314 e. The molecule has 0 unspecified atom stereocenters. The largest absolute Gasteiger partial charge is 0.496 e. The first-order valence-corrected chi connectivity index (χ1v) is 12.0. The summed E-state index contributed by atoms with van der Waals surface area (Å²) in [6.45, 7) is 7.26. The second-order valence-corrected chi connectivity index (χ2v) is 8.74. The lowest BCUT2D eigenvalue weighted by atomic mass is 10.1. The number of hydrogen-bond donors (Lipinski definition) is 4. The Bertz CT molecular complexity index is 747. The highest BCUT2D eigenvalue weighted by Gasteiger charge is 2.23. The van der Waals surface area contributed by atoms with Gasteiger partial charge in [-0.3, -0.25) is 4.79 Å². The maximum absolute atomic E-state index is 12.6. The molecular weight excluding hydrogens is 430 g/mol. The number of methoxy groups -OCH3 is 1. The van der Waals surface area contributed by atoms with Crippen LogP contribution in [0.25, 0.3) is 0 Å². The van der Waals surface area contributed by atoms with Gasteiger partial charge < -0.3 is 31.3 Å². The number of carbonyl (C=O) groups is 2. The predicted octanol–water partition coefficient (Wildman–Crippen LogP) is 3.25. The number of hydrogen-bond acceptors (Lipinski definition) is 5. The molecule has 1 fully saturated rings. The van der Waals surface area contributed by atoms with E-state index in [9.17, 15) is 9.59 Å². The van der Waals surface area contributed by atoms with Crippen molar-refractivity contribution in [2.24, 2.45) is 5.92 Å². The fourth-order valence-electron chi connectivity index (χ4n) is 3.85. The number of benzene rings is 1. The van der Waals surface area contributed by atoms with E-state index in [0.717, 1.165) is 71.2 Å². The second kappa shape index (κ2) is 14.1. The van der Waals surface area contributed by atoms with Gasteiger partial charge in [0.25, 0.3) is 5.91 Å². The summed E-state index contributed by atoms with van der Waals surface area (Å²) in [5.74, 6) is 0.674. The molecule has 5 N–H and O–H groups in total. The number of nitrogen functional groups attached to an aromatic ring is 1. The lowest BCUT2D eigenvalue weighted by molar-refractivity contribution is 0.0944. The van der Waals surface area contributed by atoms with Crippen LogP contribution in [0.5, 0.6) is 5.75 Å². The molecule has 32 heavy (non-hydrogen) atoms. The molecule has 1 aromatic carbocycles. The molecule has 0 aromatic heterocycles. The third-order valence-electron chi connectivity index (χ3n) is 5.71. The van der Waals surface area contributed by atoms with Gasteiger partial charge in [0, 0.05) is 32.2 Å². The SMILES string of the molecule is CCCNC(=O)NCCCCCCN1CC[C@H](CNC(=O)c2cc(Cl)c(N)cc2OC)C1. The van der Waals surface area contributed by atoms with E-state index >= 15 is 0 Å². The summed E-state index contributed by atoms with van der Waals surface area (Å²) in [4.78, 5) is 26.5. The van der Waals surface area contributed by atoms with Crippen molar-refractivity contribution in [2.45, 2.75) is 45.4 Å². The number of likely N-dealkylation sites (tertiary alicyclic amines) is 1. The molecule has 2 rings (SSSR count). The van der Waals surface area contributed by atoms with Crippen LogP contribution in [0, 0.1) is 5.92 Å². The smallest absolute Gasteiger partial charge is 0.314 e. The minimum Gasteiger partial charge on any atom is -0.496 e. The van der Waals surface area contributed by atoms with Crippen LogP contribution in [0.3, 0.4) is 0 Å². The fourth-order valence-corrected chi connectivity index (χ4v) is 4.01. The Morgan fingerprint density at radius 3 is 2.66 bits per heavy atom. The van der Waals surface area contributed by atoms with Gasteiger partial charge in [0.15, 0.2) is 0 Å². The topological polar surface area (TPSA) is 109 Å². The standard InChI is InChI=1S/C23H38ClN5O3/c1-3-9-26-23(31)27-10-6-4-5-7-11-29-12-8-17(16-29)15-28-22(30)18-13-19(24)20(25)14-21(18)32-2/h13-14,17H,3-12,15-16,25H2,1-2H3,(H,28,30)(H2,26,27,31)/t17-/m1/s1. The molecule has 8 nitrogen and oxygen atoms in total. The Hall–Kier alpha value is -2.19. The number of nitrogens with one attached hydrogen (secondary N) is 3. The number of halogens is 1. The Labute approximate surface area is 196 Å². The van der Waals surface area contributed by atoms with Crippen molar-refractivity contribution in [3.8, 4) is 5.75 Å². The number of nitrogens with two attached hydrogens (primary N) is 1. The number of unbranched alkanes of at least 4 members (excludes halogenated alkanes) is 3. The molecule has 0 bridgehead atoms. The Morgan fingerprint density at radius 2 is 1.91 bits per heavy atom. The van der Waals surface area contributed by atoms with Gasteiger partial charge in [-0.1, -0.05) is 31.4 Å². The zero-order valence-electron chi connectivity index (χ0n) is 19.3. The van der Waals surface area contributed by atoms with Crippen molar-refractivity contribution in [3.05, 3.63) is 22.7 Å². The number of ether oxygens (including phenoxy) is 1. The molecular formula is C23H38ClN5O3. The summed E-state index contributed by atoms with van der Waals surface area (Å²) in [6.07, 6.45) is 6.47. The molecule has 1 saturated heterocycles. The lowest BCUT2D eigenvalue weighted by Crippen LogP contribution is -2.36. The van der Waals surface area contributed by atoms with Crippen LogP contribution < -0.4 is 26.4 Å². The molecule has 9 heteroatoms. The van der Waals surface area contributed by atoms with Crippen molar-refractivity contribution in [3.63, 3.8) is 0 Å². The number of nitrogens with zero attached hydrogens (tertiary/aromatic N) is 1. The van der Waals surface area contributed by atoms with Crippen molar-refractivity contribution in [2.75, 3.05) is 52.1 Å². The van der Waals surface area contributed by atoms with Gasteiger partial charge in [-0.15, -0.1) is 0 Å². The molecule has 1 aliphatic heterocycles. The van der Waals surface area contributed by atoms with Gasteiger partial charge in [-0.2, -0.15) is 0 Å². The summed E-state index contributed by atoms with van der Waals surface area (Å²) >= 11 is 6.07. The minimum absolute atomic E-state index is 0.0695. The molecule has 0 aliphatic carbocycles. The Morgan fingerprint density at radius 1 is 1.16 bits per heavy atom. The van der Waals surface area contributed by atoms with E-state index in [1.165, 1.54) is 7.11 Å². The summed E-state index contributed by atoms with van der Waals surface area (Å²) in [7, 11) is 1.51. The highest BCUT2D eigenvalue weighted by atomic mass is 35.5. The van der Waals surface area contributed by atoms with E-state index < -0.39 is 0 Å². The van der Waals surface area contributed by atoms with Gasteiger partial charge in [-0.25, -0.2) is 4.79 Å². The molecule has 1 heterocycles. The molecule has 0 radical (unpaired) electrons. The zero-order valence-corrected chi connectivity index (χ0v) is 20.1. The maximum atomic E-state index is 12.6. The number of urea groups is 1. The van der Waals surface area contributed by atoms with Crippen molar-refractivity contribution in [1.82, 2.24) is 20.9 Å².